The summed E-state index contributed by atoms with van der Waals surface area (Å²) in [5.41, 5.74) is 0. The van der Waals surface area contributed by atoms with Gasteiger partial charge in [0, 0.05) is 43.7 Å². The summed E-state index contributed by atoms with van der Waals surface area (Å²) < 4.78 is 27.3. The third-order valence-corrected chi connectivity index (χ3v) is 9.64. The van der Waals surface area contributed by atoms with E-state index in [2.05, 4.69) is 16.7 Å². The van der Waals surface area contributed by atoms with Crippen LogP contribution in [0.1, 0.15) is 45.4 Å². The molecule has 1 atom stereocenters. The summed E-state index contributed by atoms with van der Waals surface area (Å²) in [5.74, 6) is 1.56. The molecule has 0 saturated carbocycles. The molecule has 3 saturated heterocycles. The Morgan fingerprint density at radius 3 is 2.28 bits per heavy atom. The number of benzene rings is 1. The Kier molecular flexibility index (Phi) is 7.81. The standard InChI is InChI=1S/C24H36ClN3O3S/c1-19-8-13-26(14-9-19)17-20-3-2-12-27(18-20)24(29)21-10-15-28(16-11-21)32(30,31)23-6-4-22(25)5-7-23/h4-7,19-21H,2-3,8-18H2,1H3. The van der Waals surface area contributed by atoms with Gasteiger partial charge in [-0.1, -0.05) is 18.5 Å². The fraction of sp³-hybridized carbons (Fsp3) is 0.708. The second kappa shape index (κ2) is 10.4. The molecule has 0 bridgehead atoms. The number of likely N-dealkylation sites (tertiary alicyclic amines) is 2. The molecule has 0 aliphatic carbocycles. The Balaban J connectivity index is 1.28. The van der Waals surface area contributed by atoms with Gasteiger partial charge in [-0.15, -0.1) is 0 Å². The largest absolute Gasteiger partial charge is 0.342 e. The van der Waals surface area contributed by atoms with E-state index in [9.17, 15) is 13.2 Å². The third kappa shape index (κ3) is 5.66. The molecule has 0 spiro atoms. The molecule has 0 N–H and O–H groups in total. The van der Waals surface area contributed by atoms with Gasteiger partial charge >= 0.3 is 0 Å². The SMILES string of the molecule is CC1CCN(CC2CCCN(C(=O)C3CCN(S(=O)(=O)c4ccc(Cl)cc4)CC3)C2)CC1. The summed E-state index contributed by atoms with van der Waals surface area (Å²) in [7, 11) is -3.54. The number of piperidine rings is 3. The highest BCUT2D eigenvalue weighted by Crippen LogP contribution is 2.28. The molecule has 4 rings (SSSR count). The quantitative estimate of drug-likeness (QED) is 0.643. The molecule has 3 aliphatic rings. The minimum Gasteiger partial charge on any atom is -0.342 e. The Morgan fingerprint density at radius 1 is 0.969 bits per heavy atom. The van der Waals surface area contributed by atoms with Crippen molar-refractivity contribution in [3.8, 4) is 0 Å². The predicted octanol–water partition coefficient (Wildman–Crippen LogP) is 3.71. The highest BCUT2D eigenvalue weighted by atomic mass is 35.5. The molecule has 32 heavy (non-hydrogen) atoms. The third-order valence-electron chi connectivity index (χ3n) is 7.48. The second-order valence-corrected chi connectivity index (χ2v) is 12.3. The van der Waals surface area contributed by atoms with Crippen molar-refractivity contribution < 1.29 is 13.2 Å². The van der Waals surface area contributed by atoms with Gasteiger partial charge in [-0.25, -0.2) is 8.42 Å². The number of sulfonamides is 1. The molecule has 178 valence electrons. The molecule has 3 heterocycles. The molecule has 1 aromatic carbocycles. The topological polar surface area (TPSA) is 60.9 Å². The number of carbonyl (C=O) groups excluding carboxylic acids is 1. The summed E-state index contributed by atoms with van der Waals surface area (Å²) in [6, 6.07) is 6.29. The number of amides is 1. The van der Waals surface area contributed by atoms with Crippen LogP contribution in [-0.4, -0.2) is 74.2 Å². The van der Waals surface area contributed by atoms with Crippen LogP contribution < -0.4 is 0 Å². The average molecular weight is 482 g/mol. The van der Waals surface area contributed by atoms with E-state index in [0.717, 1.165) is 32.0 Å². The lowest BCUT2D eigenvalue weighted by atomic mass is 9.91. The van der Waals surface area contributed by atoms with Crippen molar-refractivity contribution in [2.24, 2.45) is 17.8 Å². The number of hydrogen-bond donors (Lipinski definition) is 0. The van der Waals surface area contributed by atoms with E-state index >= 15 is 0 Å². The lowest BCUT2D eigenvalue weighted by molar-refractivity contribution is -0.138. The van der Waals surface area contributed by atoms with E-state index in [1.165, 1.54) is 36.7 Å². The van der Waals surface area contributed by atoms with Gasteiger partial charge in [0.05, 0.1) is 4.90 Å². The molecule has 0 radical (unpaired) electrons. The van der Waals surface area contributed by atoms with Crippen LogP contribution in [0.25, 0.3) is 0 Å². The molecule has 1 amide bonds. The summed E-state index contributed by atoms with van der Waals surface area (Å²) in [5, 5.41) is 0.517. The zero-order valence-electron chi connectivity index (χ0n) is 19.1. The number of carbonyl (C=O) groups is 1. The first-order chi connectivity index (χ1) is 15.3. The zero-order valence-corrected chi connectivity index (χ0v) is 20.7. The van der Waals surface area contributed by atoms with E-state index < -0.39 is 10.0 Å². The smallest absolute Gasteiger partial charge is 0.243 e. The number of halogens is 1. The van der Waals surface area contributed by atoms with Crippen molar-refractivity contribution in [2.75, 3.05) is 45.8 Å². The fourth-order valence-corrected chi connectivity index (χ4v) is 6.98. The molecule has 3 fully saturated rings. The van der Waals surface area contributed by atoms with E-state index in [-0.39, 0.29) is 16.7 Å². The summed E-state index contributed by atoms with van der Waals surface area (Å²) in [4.78, 5) is 18.1. The summed E-state index contributed by atoms with van der Waals surface area (Å²) >= 11 is 5.89. The Hall–Kier alpha value is -1.15. The van der Waals surface area contributed by atoms with Crippen LogP contribution in [0.15, 0.2) is 29.2 Å². The maximum Gasteiger partial charge on any atom is 0.243 e. The van der Waals surface area contributed by atoms with Gasteiger partial charge in [-0.05, 0) is 87.7 Å². The van der Waals surface area contributed by atoms with E-state index in [1.54, 1.807) is 24.3 Å². The van der Waals surface area contributed by atoms with Gasteiger partial charge in [-0.2, -0.15) is 4.31 Å². The molecular formula is C24H36ClN3O3S. The van der Waals surface area contributed by atoms with Gasteiger partial charge < -0.3 is 9.80 Å². The molecular weight excluding hydrogens is 446 g/mol. The average Bonchev–Trinajstić information content (AvgIpc) is 2.81. The van der Waals surface area contributed by atoms with Crippen LogP contribution >= 0.6 is 11.6 Å². The molecule has 1 unspecified atom stereocenters. The highest BCUT2D eigenvalue weighted by molar-refractivity contribution is 7.89. The van der Waals surface area contributed by atoms with Gasteiger partial charge in [0.25, 0.3) is 0 Å². The molecule has 0 aromatic heterocycles. The van der Waals surface area contributed by atoms with Gasteiger partial charge in [0.2, 0.25) is 15.9 Å². The van der Waals surface area contributed by atoms with Gasteiger partial charge in [0.1, 0.15) is 0 Å². The first kappa shape index (κ1) is 24.0. The fourth-order valence-electron chi connectivity index (χ4n) is 5.38. The minimum atomic E-state index is -3.54. The van der Waals surface area contributed by atoms with E-state index in [4.69, 9.17) is 11.6 Å². The maximum atomic E-state index is 13.2. The van der Waals surface area contributed by atoms with Crippen molar-refractivity contribution in [3.05, 3.63) is 29.3 Å². The first-order valence-electron chi connectivity index (χ1n) is 12.1. The van der Waals surface area contributed by atoms with Crippen molar-refractivity contribution >= 4 is 27.5 Å². The monoisotopic (exact) mass is 481 g/mol. The molecule has 3 aliphatic heterocycles. The van der Waals surface area contributed by atoms with Crippen molar-refractivity contribution in [1.29, 1.82) is 0 Å². The van der Waals surface area contributed by atoms with Crippen LogP contribution in [-0.2, 0) is 14.8 Å². The number of hydrogen-bond acceptors (Lipinski definition) is 4. The summed E-state index contributed by atoms with van der Waals surface area (Å²) in [6.07, 6.45) is 6.03. The van der Waals surface area contributed by atoms with Crippen LogP contribution in [0, 0.1) is 17.8 Å². The minimum absolute atomic E-state index is 0.0683. The zero-order chi connectivity index (χ0) is 22.7. The molecule has 1 aromatic rings. The van der Waals surface area contributed by atoms with E-state index in [0.29, 0.717) is 36.9 Å². The van der Waals surface area contributed by atoms with Crippen molar-refractivity contribution in [3.63, 3.8) is 0 Å². The van der Waals surface area contributed by atoms with Gasteiger partial charge in [-0.3, -0.25) is 4.79 Å². The maximum absolute atomic E-state index is 13.2. The predicted molar refractivity (Wildman–Crippen MR) is 127 cm³/mol. The normalized spacial score (nSPS) is 25.2. The lowest BCUT2D eigenvalue weighted by Gasteiger charge is -2.40. The first-order valence-corrected chi connectivity index (χ1v) is 13.9. The van der Waals surface area contributed by atoms with Crippen molar-refractivity contribution in [1.82, 2.24) is 14.1 Å². The summed E-state index contributed by atoms with van der Waals surface area (Å²) in [6.45, 7) is 8.30. The van der Waals surface area contributed by atoms with Crippen molar-refractivity contribution in [2.45, 2.75) is 50.3 Å². The Labute approximate surface area is 197 Å². The van der Waals surface area contributed by atoms with Crippen LogP contribution in [0.3, 0.4) is 0 Å². The molecule has 6 nitrogen and oxygen atoms in total. The van der Waals surface area contributed by atoms with Gasteiger partial charge in [0.15, 0.2) is 0 Å². The van der Waals surface area contributed by atoms with Crippen LogP contribution in [0.2, 0.25) is 5.02 Å². The van der Waals surface area contributed by atoms with Crippen LogP contribution in [0.4, 0.5) is 0 Å². The Morgan fingerprint density at radius 2 is 1.62 bits per heavy atom. The highest BCUT2D eigenvalue weighted by Gasteiger charge is 2.35. The van der Waals surface area contributed by atoms with Crippen LogP contribution in [0.5, 0.6) is 0 Å². The number of nitrogens with zero attached hydrogens (tertiary/aromatic N) is 3. The molecule has 8 heteroatoms. The number of rotatable bonds is 5. The lowest BCUT2D eigenvalue weighted by Crippen LogP contribution is -2.49. The van der Waals surface area contributed by atoms with E-state index in [1.807, 2.05) is 0 Å². The second-order valence-electron chi connectivity index (χ2n) is 9.91. The Bertz CT molecular complexity index is 876.